The van der Waals surface area contributed by atoms with Crippen LogP contribution in [0.3, 0.4) is 0 Å². The van der Waals surface area contributed by atoms with Gasteiger partial charge in [-0.05, 0) is 25.1 Å². The second kappa shape index (κ2) is 8.73. The molecule has 4 rings (SSSR count). The molecule has 2 aromatic heterocycles. The molecule has 0 aliphatic carbocycles. The molecule has 1 N–H and O–H groups in total. The molecular formula is C21H23N7O2. The Morgan fingerprint density at radius 2 is 1.73 bits per heavy atom. The third kappa shape index (κ3) is 4.45. The van der Waals surface area contributed by atoms with Crippen LogP contribution in [-0.4, -0.2) is 69.2 Å². The molecule has 1 aromatic carbocycles. The molecule has 1 fully saturated rings. The van der Waals surface area contributed by atoms with E-state index in [1.807, 2.05) is 31.3 Å². The number of nitrogens with one attached hydrogen (secondary N) is 1. The summed E-state index contributed by atoms with van der Waals surface area (Å²) in [7, 11) is 0. The van der Waals surface area contributed by atoms with Gasteiger partial charge in [-0.15, -0.1) is 0 Å². The Morgan fingerprint density at radius 1 is 1.00 bits per heavy atom. The van der Waals surface area contributed by atoms with Gasteiger partial charge in [0.05, 0.1) is 6.54 Å². The molecule has 0 spiro atoms. The predicted molar refractivity (Wildman–Crippen MR) is 111 cm³/mol. The number of aromatic nitrogens is 4. The van der Waals surface area contributed by atoms with Crippen molar-refractivity contribution in [2.45, 2.75) is 6.92 Å². The molecule has 1 saturated heterocycles. The smallest absolute Gasteiger partial charge is 0.251 e. The number of benzene rings is 1. The summed E-state index contributed by atoms with van der Waals surface area (Å²) in [6.07, 6.45) is 3.55. The van der Waals surface area contributed by atoms with Crippen LogP contribution in [0.15, 0.2) is 54.9 Å². The quantitative estimate of drug-likeness (QED) is 0.682. The molecule has 30 heavy (non-hydrogen) atoms. The van der Waals surface area contributed by atoms with Crippen LogP contribution >= 0.6 is 0 Å². The number of aryl methyl sites for hydroxylation is 1. The number of piperazine rings is 1. The molecule has 0 unspecified atom stereocenters. The first-order valence-corrected chi connectivity index (χ1v) is 9.82. The first-order valence-electron chi connectivity index (χ1n) is 9.82. The Hall–Kier alpha value is -3.75. The van der Waals surface area contributed by atoms with E-state index in [-0.39, 0.29) is 18.4 Å². The second-order valence-corrected chi connectivity index (χ2v) is 7.00. The van der Waals surface area contributed by atoms with E-state index in [0.29, 0.717) is 43.4 Å². The lowest BCUT2D eigenvalue weighted by molar-refractivity contribution is -0.130. The largest absolute Gasteiger partial charge is 0.353 e. The molecule has 0 saturated carbocycles. The average Bonchev–Trinajstić information content (AvgIpc) is 3.33. The van der Waals surface area contributed by atoms with Crippen molar-refractivity contribution in [3.05, 3.63) is 66.2 Å². The van der Waals surface area contributed by atoms with Crippen molar-refractivity contribution in [2.75, 3.05) is 37.6 Å². The maximum atomic E-state index is 12.5. The van der Waals surface area contributed by atoms with Gasteiger partial charge in [-0.3, -0.25) is 9.59 Å². The van der Waals surface area contributed by atoms with Crippen molar-refractivity contribution in [3.8, 4) is 5.82 Å². The molecule has 0 bridgehead atoms. The maximum Gasteiger partial charge on any atom is 0.251 e. The zero-order chi connectivity index (χ0) is 20.9. The van der Waals surface area contributed by atoms with Crippen LogP contribution in [0.2, 0.25) is 0 Å². The number of rotatable bonds is 5. The van der Waals surface area contributed by atoms with Crippen molar-refractivity contribution >= 4 is 17.6 Å². The van der Waals surface area contributed by atoms with Crippen LogP contribution in [0.1, 0.15) is 16.2 Å². The van der Waals surface area contributed by atoms with E-state index in [1.165, 1.54) is 0 Å². The van der Waals surface area contributed by atoms with Gasteiger partial charge in [0.25, 0.3) is 5.91 Å². The van der Waals surface area contributed by atoms with E-state index in [2.05, 4.69) is 25.3 Å². The van der Waals surface area contributed by atoms with Gasteiger partial charge in [-0.25, -0.2) is 14.6 Å². The summed E-state index contributed by atoms with van der Waals surface area (Å²) < 4.78 is 1.70. The highest BCUT2D eigenvalue weighted by molar-refractivity contribution is 5.96. The molecule has 9 nitrogen and oxygen atoms in total. The Morgan fingerprint density at radius 3 is 2.43 bits per heavy atom. The minimum atomic E-state index is -0.245. The van der Waals surface area contributed by atoms with Crippen LogP contribution in [-0.2, 0) is 4.79 Å². The molecule has 2 amide bonds. The highest BCUT2D eigenvalue weighted by atomic mass is 16.2. The van der Waals surface area contributed by atoms with Gasteiger partial charge >= 0.3 is 0 Å². The first-order chi connectivity index (χ1) is 14.6. The summed E-state index contributed by atoms with van der Waals surface area (Å²) in [4.78, 5) is 37.5. The van der Waals surface area contributed by atoms with Crippen LogP contribution in [0.25, 0.3) is 5.82 Å². The number of hydrogen-bond donors (Lipinski definition) is 1. The third-order valence-corrected chi connectivity index (χ3v) is 4.94. The number of nitrogens with zero attached hydrogens (tertiary/aromatic N) is 6. The Labute approximate surface area is 174 Å². The third-order valence-electron chi connectivity index (χ3n) is 4.94. The Balaban J connectivity index is 1.33. The van der Waals surface area contributed by atoms with E-state index in [1.54, 1.807) is 40.0 Å². The van der Waals surface area contributed by atoms with Gasteiger partial charge < -0.3 is 15.1 Å². The van der Waals surface area contributed by atoms with E-state index in [0.717, 1.165) is 5.82 Å². The highest BCUT2D eigenvalue weighted by Gasteiger charge is 2.23. The van der Waals surface area contributed by atoms with Gasteiger partial charge in [0.1, 0.15) is 11.6 Å². The summed E-state index contributed by atoms with van der Waals surface area (Å²) in [5.41, 5.74) is 0.544. The molecule has 1 aliphatic rings. The van der Waals surface area contributed by atoms with Gasteiger partial charge in [-0.1, -0.05) is 18.2 Å². The number of carbonyl (C=O) groups excluding carboxylic acids is 2. The molecular weight excluding hydrogens is 382 g/mol. The van der Waals surface area contributed by atoms with Gasteiger partial charge in [-0.2, -0.15) is 5.10 Å². The van der Waals surface area contributed by atoms with Crippen molar-refractivity contribution in [1.82, 2.24) is 30.0 Å². The normalized spacial score (nSPS) is 13.9. The number of carbonyl (C=O) groups is 2. The summed E-state index contributed by atoms with van der Waals surface area (Å²) >= 11 is 0. The van der Waals surface area contributed by atoms with E-state index in [4.69, 9.17) is 0 Å². The molecule has 154 valence electrons. The van der Waals surface area contributed by atoms with Crippen LogP contribution in [0, 0.1) is 6.92 Å². The van der Waals surface area contributed by atoms with Crippen LogP contribution < -0.4 is 10.2 Å². The predicted octanol–water partition coefficient (Wildman–Crippen LogP) is 1.05. The minimum absolute atomic E-state index is 0.0101. The van der Waals surface area contributed by atoms with Crippen LogP contribution in [0.4, 0.5) is 5.82 Å². The summed E-state index contributed by atoms with van der Waals surface area (Å²) in [6, 6.07) is 12.6. The molecule has 9 heteroatoms. The maximum absolute atomic E-state index is 12.5. The zero-order valence-corrected chi connectivity index (χ0v) is 16.7. The second-order valence-electron chi connectivity index (χ2n) is 7.00. The number of hydrogen-bond acceptors (Lipinski definition) is 6. The topological polar surface area (TPSA) is 96.2 Å². The SMILES string of the molecule is Cc1nc(N2CCN(C(=O)CNC(=O)c3ccccc3)CC2)cc(-n2cccn2)n1. The van der Waals surface area contributed by atoms with Crippen LogP contribution in [0.5, 0.6) is 0 Å². The lowest BCUT2D eigenvalue weighted by atomic mass is 10.2. The van der Waals surface area contributed by atoms with Gasteiger partial charge in [0.15, 0.2) is 5.82 Å². The van der Waals surface area contributed by atoms with E-state index in [9.17, 15) is 9.59 Å². The van der Waals surface area contributed by atoms with Crippen molar-refractivity contribution in [1.29, 1.82) is 0 Å². The fourth-order valence-corrected chi connectivity index (χ4v) is 3.36. The molecule has 1 aliphatic heterocycles. The van der Waals surface area contributed by atoms with Gasteiger partial charge in [0.2, 0.25) is 5.91 Å². The standard InChI is InChI=1S/C21H23N7O2/c1-16-24-18(14-19(25-16)28-9-5-8-23-28)26-10-12-27(13-11-26)20(29)15-22-21(30)17-6-3-2-4-7-17/h2-9,14H,10-13,15H2,1H3,(H,22,30). The fraction of sp³-hybridized carbons (Fsp3) is 0.286. The first kappa shape index (κ1) is 19.6. The summed E-state index contributed by atoms with van der Waals surface area (Å²) in [5.74, 6) is 1.86. The van der Waals surface area contributed by atoms with E-state index >= 15 is 0 Å². The number of amides is 2. The Bertz CT molecular complexity index is 1010. The lowest BCUT2D eigenvalue weighted by Gasteiger charge is -2.35. The number of anilines is 1. The average molecular weight is 405 g/mol. The van der Waals surface area contributed by atoms with E-state index < -0.39 is 0 Å². The van der Waals surface area contributed by atoms with Crippen molar-refractivity contribution in [3.63, 3.8) is 0 Å². The lowest BCUT2D eigenvalue weighted by Crippen LogP contribution is -2.51. The molecule has 3 heterocycles. The van der Waals surface area contributed by atoms with Gasteiger partial charge in [0, 0.05) is 50.2 Å². The fourth-order valence-electron chi connectivity index (χ4n) is 3.36. The molecule has 3 aromatic rings. The highest BCUT2D eigenvalue weighted by Crippen LogP contribution is 2.17. The minimum Gasteiger partial charge on any atom is -0.353 e. The van der Waals surface area contributed by atoms with Crippen molar-refractivity contribution in [2.24, 2.45) is 0 Å². The molecule has 0 radical (unpaired) electrons. The summed E-state index contributed by atoms with van der Waals surface area (Å²) in [6.45, 7) is 4.30. The molecule has 0 atom stereocenters. The summed E-state index contributed by atoms with van der Waals surface area (Å²) in [5, 5.41) is 6.92. The Kier molecular flexibility index (Phi) is 5.69. The monoisotopic (exact) mass is 405 g/mol. The zero-order valence-electron chi connectivity index (χ0n) is 16.7. The van der Waals surface area contributed by atoms with Crippen molar-refractivity contribution < 1.29 is 9.59 Å².